The molecule has 2 atom stereocenters. The van der Waals surface area contributed by atoms with Crippen LogP contribution in [0.2, 0.25) is 0 Å². The van der Waals surface area contributed by atoms with Crippen LogP contribution in [-0.2, 0) is 19.6 Å². The monoisotopic (exact) mass is 444 g/mol. The van der Waals surface area contributed by atoms with Crippen molar-refractivity contribution in [1.29, 1.82) is 0 Å². The molecule has 0 spiro atoms. The van der Waals surface area contributed by atoms with Gasteiger partial charge in [0, 0.05) is 0 Å². The SMILES string of the molecule is CCCCCCCCCCCCCCCCC1(S(=O)(=O)O)C(=O)OC1C(F)(F)F. The van der Waals surface area contributed by atoms with Gasteiger partial charge in [-0.3, -0.25) is 9.35 Å². The molecule has 0 aromatic heterocycles. The van der Waals surface area contributed by atoms with Gasteiger partial charge in [-0.2, -0.15) is 21.6 Å². The fraction of sp³-hybridized carbons (Fsp3) is 0.950. The van der Waals surface area contributed by atoms with Crippen molar-refractivity contribution in [1.82, 2.24) is 0 Å². The molecule has 0 bridgehead atoms. The molecular formula is C20H35F3O5S. The van der Waals surface area contributed by atoms with Gasteiger partial charge in [-0.1, -0.05) is 96.8 Å². The average molecular weight is 445 g/mol. The summed E-state index contributed by atoms with van der Waals surface area (Å²) in [7, 11) is -5.22. The Bertz CT molecular complexity index is 591. The molecule has 2 unspecified atom stereocenters. The van der Waals surface area contributed by atoms with E-state index in [1.807, 2.05) is 0 Å². The second-order valence-electron chi connectivity index (χ2n) is 8.04. The second kappa shape index (κ2) is 12.1. The van der Waals surface area contributed by atoms with E-state index < -0.39 is 39.5 Å². The lowest BCUT2D eigenvalue weighted by Gasteiger charge is -2.44. The van der Waals surface area contributed by atoms with Crippen molar-refractivity contribution in [3.63, 3.8) is 0 Å². The van der Waals surface area contributed by atoms with Crippen LogP contribution in [0.5, 0.6) is 0 Å². The lowest BCUT2D eigenvalue weighted by atomic mass is 9.89. The van der Waals surface area contributed by atoms with Crippen molar-refractivity contribution >= 4 is 16.1 Å². The minimum absolute atomic E-state index is 0.110. The van der Waals surface area contributed by atoms with Crippen LogP contribution in [0.4, 0.5) is 13.2 Å². The predicted octanol–water partition coefficient (Wildman–Crippen LogP) is 5.97. The first-order chi connectivity index (χ1) is 13.6. The van der Waals surface area contributed by atoms with E-state index in [0.29, 0.717) is 6.42 Å². The highest BCUT2D eigenvalue weighted by atomic mass is 32.2. The minimum Gasteiger partial charge on any atom is -0.449 e. The van der Waals surface area contributed by atoms with Crippen molar-refractivity contribution in [3.8, 4) is 0 Å². The van der Waals surface area contributed by atoms with Gasteiger partial charge in [-0.05, 0) is 6.42 Å². The standard InChI is InChI=1S/C20H35F3O5S/c1-2-3-4-5-6-7-8-9-10-11-12-13-14-15-16-19(29(25,26)27)17(20(21,22)23)28-18(19)24/h17H,2-16H2,1H3,(H,25,26,27). The topological polar surface area (TPSA) is 80.7 Å². The number of carbonyl (C=O) groups is 1. The highest BCUT2D eigenvalue weighted by molar-refractivity contribution is 7.88. The first kappa shape index (κ1) is 26.2. The lowest BCUT2D eigenvalue weighted by molar-refractivity contribution is -0.264. The smallest absolute Gasteiger partial charge is 0.427 e. The molecule has 9 heteroatoms. The number of esters is 1. The molecule has 1 aliphatic heterocycles. The van der Waals surface area contributed by atoms with Gasteiger partial charge in [0.25, 0.3) is 10.1 Å². The molecule has 172 valence electrons. The number of alkyl halides is 3. The number of halogens is 3. The van der Waals surface area contributed by atoms with E-state index in [2.05, 4.69) is 11.7 Å². The maximum absolute atomic E-state index is 12.9. The van der Waals surface area contributed by atoms with Crippen LogP contribution in [0, 0.1) is 0 Å². The molecule has 0 radical (unpaired) electrons. The quantitative estimate of drug-likeness (QED) is 0.180. The van der Waals surface area contributed by atoms with E-state index in [-0.39, 0.29) is 6.42 Å². The van der Waals surface area contributed by atoms with E-state index in [4.69, 9.17) is 0 Å². The number of carbonyl (C=O) groups excluding carboxylic acids is 1. The molecule has 1 aliphatic rings. The number of cyclic esters (lactones) is 1. The maximum Gasteiger partial charge on any atom is 0.427 e. The van der Waals surface area contributed by atoms with Crippen LogP contribution in [0.3, 0.4) is 0 Å². The molecule has 1 N–H and O–H groups in total. The molecule has 0 aromatic carbocycles. The van der Waals surface area contributed by atoms with Gasteiger partial charge in [-0.25, -0.2) is 0 Å². The molecular weight excluding hydrogens is 409 g/mol. The molecule has 1 fully saturated rings. The van der Waals surface area contributed by atoms with Crippen molar-refractivity contribution in [2.75, 3.05) is 0 Å². The fourth-order valence-electron chi connectivity index (χ4n) is 3.87. The van der Waals surface area contributed by atoms with E-state index in [0.717, 1.165) is 25.7 Å². The van der Waals surface area contributed by atoms with Crippen LogP contribution in [0.15, 0.2) is 0 Å². The Morgan fingerprint density at radius 3 is 1.55 bits per heavy atom. The average Bonchev–Trinajstić information content (AvgIpc) is 2.60. The Hall–Kier alpha value is -0.830. The zero-order valence-corrected chi connectivity index (χ0v) is 18.1. The highest BCUT2D eigenvalue weighted by Gasteiger charge is 2.75. The van der Waals surface area contributed by atoms with Crippen molar-refractivity contribution in [2.24, 2.45) is 0 Å². The first-order valence-electron chi connectivity index (χ1n) is 10.8. The third-order valence-electron chi connectivity index (χ3n) is 5.65. The van der Waals surface area contributed by atoms with Gasteiger partial charge in [0.2, 0.25) is 10.9 Å². The van der Waals surface area contributed by atoms with E-state index in [1.165, 1.54) is 51.4 Å². The number of rotatable bonds is 16. The van der Waals surface area contributed by atoms with Gasteiger partial charge in [0.05, 0.1) is 0 Å². The highest BCUT2D eigenvalue weighted by Crippen LogP contribution is 2.47. The van der Waals surface area contributed by atoms with Crippen LogP contribution in [0.1, 0.15) is 103 Å². The van der Waals surface area contributed by atoms with Gasteiger partial charge in [-0.15, -0.1) is 0 Å². The molecule has 1 rings (SSSR count). The lowest BCUT2D eigenvalue weighted by Crippen LogP contribution is -2.71. The van der Waals surface area contributed by atoms with Gasteiger partial charge >= 0.3 is 12.1 Å². The Kier molecular flexibility index (Phi) is 11.0. The number of hydrogen-bond donors (Lipinski definition) is 1. The van der Waals surface area contributed by atoms with E-state index >= 15 is 0 Å². The first-order valence-corrected chi connectivity index (χ1v) is 12.3. The molecule has 0 amide bonds. The largest absolute Gasteiger partial charge is 0.449 e. The van der Waals surface area contributed by atoms with Crippen LogP contribution in [-0.4, -0.2) is 36.0 Å². The second-order valence-corrected chi connectivity index (χ2v) is 9.72. The van der Waals surface area contributed by atoms with E-state index in [1.54, 1.807) is 0 Å². The van der Waals surface area contributed by atoms with Gasteiger partial charge < -0.3 is 4.74 Å². The van der Waals surface area contributed by atoms with Crippen LogP contribution < -0.4 is 0 Å². The predicted molar refractivity (Wildman–Crippen MR) is 105 cm³/mol. The van der Waals surface area contributed by atoms with Crippen molar-refractivity contribution in [3.05, 3.63) is 0 Å². The zero-order valence-electron chi connectivity index (χ0n) is 17.3. The van der Waals surface area contributed by atoms with Crippen molar-refractivity contribution < 1.29 is 35.7 Å². The minimum atomic E-state index is -5.22. The Morgan fingerprint density at radius 1 is 0.862 bits per heavy atom. The molecule has 5 nitrogen and oxygen atoms in total. The van der Waals surface area contributed by atoms with Crippen molar-refractivity contribution in [2.45, 2.75) is 120 Å². The Labute approximate surface area is 172 Å². The van der Waals surface area contributed by atoms with Crippen LogP contribution in [0.25, 0.3) is 0 Å². The molecule has 1 saturated heterocycles. The van der Waals surface area contributed by atoms with E-state index in [9.17, 15) is 30.9 Å². The molecule has 0 aromatic rings. The summed E-state index contributed by atoms with van der Waals surface area (Å²) < 4.78 is 72.2. The zero-order chi connectivity index (χ0) is 22.0. The number of unbranched alkanes of at least 4 members (excludes halogenated alkanes) is 13. The number of ether oxygens (including phenoxy) is 1. The molecule has 0 aliphatic carbocycles. The molecule has 0 saturated carbocycles. The summed E-state index contributed by atoms with van der Waals surface area (Å²) >= 11 is 0. The van der Waals surface area contributed by atoms with Gasteiger partial charge in [0.15, 0.2) is 0 Å². The van der Waals surface area contributed by atoms with Gasteiger partial charge in [0.1, 0.15) is 0 Å². The Balaban J connectivity index is 2.18. The summed E-state index contributed by atoms with van der Waals surface area (Å²) in [6, 6.07) is 0. The summed E-state index contributed by atoms with van der Waals surface area (Å²) in [6.45, 7) is 2.20. The Morgan fingerprint density at radius 2 is 1.24 bits per heavy atom. The third kappa shape index (κ3) is 7.74. The number of hydrogen-bond acceptors (Lipinski definition) is 4. The molecule has 1 heterocycles. The normalized spacial score (nSPS) is 22.4. The third-order valence-corrected chi connectivity index (χ3v) is 7.16. The fourth-order valence-corrected chi connectivity index (χ4v) is 4.98. The molecule has 29 heavy (non-hydrogen) atoms. The summed E-state index contributed by atoms with van der Waals surface area (Å²) in [5.41, 5.74) is 0. The summed E-state index contributed by atoms with van der Waals surface area (Å²) in [6.07, 6.45) is 6.19. The maximum atomic E-state index is 12.9. The summed E-state index contributed by atoms with van der Waals surface area (Å²) in [5.74, 6) is -1.52. The summed E-state index contributed by atoms with van der Waals surface area (Å²) in [4.78, 5) is 11.6. The van der Waals surface area contributed by atoms with Crippen LogP contribution >= 0.6 is 0 Å². The summed E-state index contributed by atoms with van der Waals surface area (Å²) in [5, 5.41) is 0.